The van der Waals surface area contributed by atoms with Gasteiger partial charge in [-0.05, 0) is 26.0 Å². The van der Waals surface area contributed by atoms with Gasteiger partial charge in [0, 0.05) is 20.1 Å². The maximum absolute atomic E-state index is 12.4. The van der Waals surface area contributed by atoms with Crippen molar-refractivity contribution < 1.29 is 9.59 Å². The van der Waals surface area contributed by atoms with Gasteiger partial charge in [-0.3, -0.25) is 9.59 Å². The fourth-order valence-electron chi connectivity index (χ4n) is 2.45. The van der Waals surface area contributed by atoms with Gasteiger partial charge in [-0.1, -0.05) is 12.1 Å². The monoisotopic (exact) mass is 298 g/mol. The van der Waals surface area contributed by atoms with E-state index < -0.39 is 17.6 Å². The number of nitrogens with zero attached hydrogens (tertiary/aromatic N) is 4. The molecular formula is C16H18N4O2. The summed E-state index contributed by atoms with van der Waals surface area (Å²) < 4.78 is 1.69. The highest BCUT2D eigenvalue weighted by Gasteiger charge is 2.32. The number of nitriles is 1. The summed E-state index contributed by atoms with van der Waals surface area (Å²) in [7, 11) is 1.74. The Hall–Kier alpha value is -2.68. The number of likely N-dealkylation sites (N-methyl/N-ethyl adjacent to an activating group) is 1. The zero-order chi connectivity index (χ0) is 16.3. The van der Waals surface area contributed by atoms with Gasteiger partial charge < -0.3 is 9.47 Å². The molecule has 1 amide bonds. The average molecular weight is 298 g/mol. The van der Waals surface area contributed by atoms with Crippen molar-refractivity contribution in [1.29, 1.82) is 5.26 Å². The number of amides is 1. The molecule has 0 spiro atoms. The van der Waals surface area contributed by atoms with E-state index in [-0.39, 0.29) is 0 Å². The topological polar surface area (TPSA) is 79.0 Å². The van der Waals surface area contributed by atoms with Crippen molar-refractivity contribution in [2.75, 3.05) is 13.1 Å². The molecule has 0 N–H and O–H groups in total. The van der Waals surface area contributed by atoms with Crippen LogP contribution in [0, 0.1) is 11.3 Å². The number of carbonyl (C=O) groups excluding carboxylic acids is 2. The van der Waals surface area contributed by atoms with Crippen LogP contribution in [-0.4, -0.2) is 39.2 Å². The van der Waals surface area contributed by atoms with E-state index in [0.717, 1.165) is 5.52 Å². The van der Waals surface area contributed by atoms with E-state index in [1.807, 2.05) is 30.3 Å². The molecule has 0 aliphatic rings. The van der Waals surface area contributed by atoms with Gasteiger partial charge in [-0.25, -0.2) is 4.98 Å². The standard InChI is InChI=1S/C16H18N4O2/c1-4-20(5-2)16(22)14(21)11(10-17)15-18-12-8-6-7-9-13(12)19(15)3/h6-9,11H,4-5H2,1-3H3/t11-/m1/s1. The number of ketones is 1. The largest absolute Gasteiger partial charge is 0.337 e. The minimum atomic E-state index is -1.19. The summed E-state index contributed by atoms with van der Waals surface area (Å²) in [4.78, 5) is 30.3. The van der Waals surface area contributed by atoms with E-state index in [9.17, 15) is 14.9 Å². The van der Waals surface area contributed by atoms with Crippen LogP contribution in [-0.2, 0) is 16.6 Å². The van der Waals surface area contributed by atoms with Crippen molar-refractivity contribution in [3.8, 4) is 6.07 Å². The second kappa shape index (κ2) is 6.39. The van der Waals surface area contributed by atoms with Crippen LogP contribution in [0.15, 0.2) is 24.3 Å². The van der Waals surface area contributed by atoms with Crippen molar-refractivity contribution in [3.63, 3.8) is 0 Å². The predicted molar refractivity (Wildman–Crippen MR) is 82.0 cm³/mol. The quantitative estimate of drug-likeness (QED) is 0.786. The molecule has 1 aromatic heterocycles. The lowest BCUT2D eigenvalue weighted by molar-refractivity contribution is -0.144. The van der Waals surface area contributed by atoms with E-state index in [4.69, 9.17) is 0 Å². The summed E-state index contributed by atoms with van der Waals surface area (Å²) in [6, 6.07) is 9.29. The highest BCUT2D eigenvalue weighted by atomic mass is 16.2. The van der Waals surface area contributed by atoms with Crippen molar-refractivity contribution >= 4 is 22.7 Å². The zero-order valence-electron chi connectivity index (χ0n) is 12.9. The molecule has 1 atom stereocenters. The number of imidazole rings is 1. The molecule has 2 rings (SSSR count). The first-order valence-corrected chi connectivity index (χ1v) is 7.19. The van der Waals surface area contributed by atoms with Gasteiger partial charge in [0.05, 0.1) is 17.1 Å². The first kappa shape index (κ1) is 15.7. The Labute approximate surface area is 129 Å². The third-order valence-electron chi connectivity index (χ3n) is 3.73. The number of hydrogen-bond donors (Lipinski definition) is 0. The third-order valence-corrected chi connectivity index (χ3v) is 3.73. The van der Waals surface area contributed by atoms with Crippen molar-refractivity contribution in [2.24, 2.45) is 7.05 Å². The number of rotatable bonds is 5. The van der Waals surface area contributed by atoms with E-state index in [2.05, 4.69) is 4.98 Å². The molecule has 2 aromatic rings. The Morgan fingerprint density at radius 1 is 1.32 bits per heavy atom. The second-order valence-electron chi connectivity index (χ2n) is 4.92. The number of carbonyl (C=O) groups is 2. The lowest BCUT2D eigenvalue weighted by Crippen LogP contribution is -2.39. The predicted octanol–water partition coefficient (Wildman–Crippen LogP) is 1.62. The van der Waals surface area contributed by atoms with Crippen LogP contribution in [0.3, 0.4) is 0 Å². The fourth-order valence-corrected chi connectivity index (χ4v) is 2.45. The Morgan fingerprint density at radius 3 is 2.50 bits per heavy atom. The van der Waals surface area contributed by atoms with Gasteiger partial charge in [-0.2, -0.15) is 5.26 Å². The van der Waals surface area contributed by atoms with Crippen LogP contribution < -0.4 is 0 Å². The van der Waals surface area contributed by atoms with Crippen LogP contribution in [0.1, 0.15) is 25.6 Å². The first-order valence-electron chi connectivity index (χ1n) is 7.19. The number of hydrogen-bond acceptors (Lipinski definition) is 4. The molecule has 0 unspecified atom stereocenters. The summed E-state index contributed by atoms with van der Waals surface area (Å²) in [6.45, 7) is 4.46. The number of aryl methyl sites for hydroxylation is 1. The minimum absolute atomic E-state index is 0.300. The number of benzene rings is 1. The van der Waals surface area contributed by atoms with Gasteiger partial charge in [0.1, 0.15) is 5.82 Å². The molecule has 6 nitrogen and oxygen atoms in total. The smallest absolute Gasteiger partial charge is 0.291 e. The summed E-state index contributed by atoms with van der Waals surface area (Å²) in [6.07, 6.45) is 0. The lowest BCUT2D eigenvalue weighted by Gasteiger charge is -2.18. The van der Waals surface area contributed by atoms with Gasteiger partial charge in [0.15, 0.2) is 5.92 Å². The zero-order valence-corrected chi connectivity index (χ0v) is 12.9. The normalized spacial score (nSPS) is 11.9. The molecule has 1 aromatic carbocycles. The highest BCUT2D eigenvalue weighted by molar-refractivity contribution is 6.38. The summed E-state index contributed by atoms with van der Waals surface area (Å²) in [5.74, 6) is -2.26. The highest BCUT2D eigenvalue weighted by Crippen LogP contribution is 2.22. The Balaban J connectivity index is 2.43. The van der Waals surface area contributed by atoms with Crippen LogP contribution in [0.25, 0.3) is 11.0 Å². The van der Waals surface area contributed by atoms with Gasteiger partial charge in [0.25, 0.3) is 5.91 Å². The van der Waals surface area contributed by atoms with E-state index in [1.165, 1.54) is 4.90 Å². The number of Topliss-reactive ketones (excluding diaryl/α,β-unsaturated/α-hetero) is 1. The van der Waals surface area contributed by atoms with Gasteiger partial charge in [0.2, 0.25) is 5.78 Å². The van der Waals surface area contributed by atoms with E-state index in [1.54, 1.807) is 25.5 Å². The minimum Gasteiger partial charge on any atom is -0.337 e. The first-order chi connectivity index (χ1) is 10.5. The maximum atomic E-state index is 12.4. The van der Waals surface area contributed by atoms with Crippen molar-refractivity contribution in [2.45, 2.75) is 19.8 Å². The number of fused-ring (bicyclic) bond motifs is 1. The van der Waals surface area contributed by atoms with Crippen molar-refractivity contribution in [3.05, 3.63) is 30.1 Å². The number of aromatic nitrogens is 2. The summed E-state index contributed by atoms with van der Waals surface area (Å²) in [5.41, 5.74) is 1.52. The van der Waals surface area contributed by atoms with Gasteiger partial charge in [-0.15, -0.1) is 0 Å². The van der Waals surface area contributed by atoms with Crippen LogP contribution >= 0.6 is 0 Å². The van der Waals surface area contributed by atoms with Crippen LogP contribution in [0.2, 0.25) is 0 Å². The van der Waals surface area contributed by atoms with Crippen LogP contribution in [0.5, 0.6) is 0 Å². The van der Waals surface area contributed by atoms with E-state index >= 15 is 0 Å². The molecule has 114 valence electrons. The summed E-state index contributed by atoms with van der Waals surface area (Å²) in [5, 5.41) is 9.38. The fraction of sp³-hybridized carbons (Fsp3) is 0.375. The van der Waals surface area contributed by atoms with Crippen LogP contribution in [0.4, 0.5) is 0 Å². The molecule has 6 heteroatoms. The molecule has 0 radical (unpaired) electrons. The summed E-state index contributed by atoms with van der Waals surface area (Å²) >= 11 is 0. The molecule has 0 saturated heterocycles. The number of para-hydroxylation sites is 2. The average Bonchev–Trinajstić information content (AvgIpc) is 2.86. The molecular weight excluding hydrogens is 280 g/mol. The molecule has 1 heterocycles. The molecule has 0 bridgehead atoms. The molecule has 0 aliphatic carbocycles. The molecule has 0 fully saturated rings. The third kappa shape index (κ3) is 2.58. The maximum Gasteiger partial charge on any atom is 0.291 e. The van der Waals surface area contributed by atoms with Gasteiger partial charge >= 0.3 is 0 Å². The lowest BCUT2D eigenvalue weighted by atomic mass is 10.0. The molecule has 0 aliphatic heterocycles. The molecule has 0 saturated carbocycles. The Kier molecular flexibility index (Phi) is 4.56. The Morgan fingerprint density at radius 2 is 1.95 bits per heavy atom. The van der Waals surface area contributed by atoms with Crippen molar-refractivity contribution in [1.82, 2.24) is 14.5 Å². The van der Waals surface area contributed by atoms with E-state index in [0.29, 0.717) is 24.4 Å². The SMILES string of the molecule is CCN(CC)C(=O)C(=O)[C@@H](C#N)c1nc2ccccc2n1C. The second-order valence-corrected chi connectivity index (χ2v) is 4.92. The Bertz CT molecular complexity index is 753. The molecule has 22 heavy (non-hydrogen) atoms.